The van der Waals surface area contributed by atoms with E-state index in [0.717, 1.165) is 33.4 Å². The van der Waals surface area contributed by atoms with Crippen molar-refractivity contribution in [3.8, 4) is 78.7 Å². The van der Waals surface area contributed by atoms with E-state index in [1.54, 1.807) is 0 Å². The first kappa shape index (κ1) is 37.7. The number of hydrogen-bond acceptors (Lipinski definition) is 3. The van der Waals surface area contributed by atoms with Gasteiger partial charge in [-0.25, -0.2) is 15.0 Å². The number of fused-ring (bicyclic) bond motifs is 9. The molecule has 0 N–H and O–H groups in total. The van der Waals surface area contributed by atoms with Crippen LogP contribution in [0.25, 0.3) is 78.7 Å². The lowest BCUT2D eigenvalue weighted by molar-refractivity contribution is 0.563. The third-order valence-corrected chi connectivity index (χ3v) is 13.6. The lowest BCUT2D eigenvalue weighted by Crippen LogP contribution is -2.40. The van der Waals surface area contributed by atoms with Gasteiger partial charge in [-0.15, -0.1) is 0 Å². The van der Waals surface area contributed by atoms with E-state index in [2.05, 4.69) is 214 Å². The molecule has 1 aromatic heterocycles. The molecular formula is C61H43N3. The van der Waals surface area contributed by atoms with Gasteiger partial charge >= 0.3 is 0 Å². The SMILES string of the molecule is CC1(C)c2ccccc2C2(c3ccc(-c4cccc(-c5ccccc5)c4)cc3-c3c(-c4nc(-c5ccccc5)nc(-c5ccc(-c6ccccc6)cc5)n4)cccc32)c2ccccc21. The van der Waals surface area contributed by atoms with Gasteiger partial charge in [-0.05, 0) is 90.0 Å². The van der Waals surface area contributed by atoms with Crippen molar-refractivity contribution < 1.29 is 0 Å². The molecule has 302 valence electrons. The van der Waals surface area contributed by atoms with Crippen LogP contribution >= 0.6 is 0 Å². The first-order valence-electron chi connectivity index (χ1n) is 22.1. The smallest absolute Gasteiger partial charge is 0.164 e. The molecule has 0 aliphatic heterocycles. The summed E-state index contributed by atoms with van der Waals surface area (Å²) in [5.74, 6) is 1.92. The van der Waals surface area contributed by atoms with E-state index in [0.29, 0.717) is 17.5 Å². The molecule has 1 spiro atoms. The molecule has 10 aromatic rings. The second-order valence-corrected chi connectivity index (χ2v) is 17.5. The molecule has 0 bridgehead atoms. The van der Waals surface area contributed by atoms with Crippen molar-refractivity contribution in [2.75, 3.05) is 0 Å². The van der Waals surface area contributed by atoms with Crippen molar-refractivity contribution in [2.24, 2.45) is 0 Å². The van der Waals surface area contributed by atoms with Gasteiger partial charge in [-0.3, -0.25) is 0 Å². The van der Waals surface area contributed by atoms with E-state index >= 15 is 0 Å². The summed E-state index contributed by atoms with van der Waals surface area (Å²) in [5.41, 5.74) is 19.2. The number of benzene rings is 9. The normalized spacial score (nSPS) is 13.7. The van der Waals surface area contributed by atoms with Crippen molar-refractivity contribution >= 4 is 0 Å². The molecule has 0 saturated heterocycles. The lowest BCUT2D eigenvalue weighted by Gasteiger charge is -2.46. The zero-order chi connectivity index (χ0) is 42.8. The average Bonchev–Trinajstić information content (AvgIpc) is 3.67. The van der Waals surface area contributed by atoms with Gasteiger partial charge in [0.2, 0.25) is 0 Å². The summed E-state index contributed by atoms with van der Waals surface area (Å²) in [6, 6.07) is 81.0. The van der Waals surface area contributed by atoms with E-state index in [4.69, 9.17) is 15.0 Å². The third kappa shape index (κ3) is 5.85. The Morgan fingerprint density at radius 1 is 0.266 bits per heavy atom. The minimum Gasteiger partial charge on any atom is -0.208 e. The summed E-state index contributed by atoms with van der Waals surface area (Å²) in [6.07, 6.45) is 0. The van der Waals surface area contributed by atoms with Gasteiger partial charge in [0.1, 0.15) is 0 Å². The van der Waals surface area contributed by atoms with Crippen molar-refractivity contribution in [2.45, 2.75) is 24.7 Å². The zero-order valence-corrected chi connectivity index (χ0v) is 35.7. The monoisotopic (exact) mass is 817 g/mol. The maximum absolute atomic E-state index is 5.40. The molecule has 0 radical (unpaired) electrons. The molecule has 9 aromatic carbocycles. The Morgan fingerprint density at radius 2 is 0.656 bits per heavy atom. The molecule has 12 rings (SSSR count). The number of rotatable bonds is 6. The minimum absolute atomic E-state index is 0.208. The van der Waals surface area contributed by atoms with Gasteiger partial charge in [-0.2, -0.15) is 0 Å². The lowest BCUT2D eigenvalue weighted by atomic mass is 9.55. The summed E-state index contributed by atoms with van der Waals surface area (Å²) in [6.45, 7) is 4.74. The summed E-state index contributed by atoms with van der Waals surface area (Å²) in [5, 5.41) is 0. The predicted molar refractivity (Wildman–Crippen MR) is 262 cm³/mol. The summed E-state index contributed by atoms with van der Waals surface area (Å²) < 4.78 is 0. The average molecular weight is 818 g/mol. The standard InChI is InChI=1S/C61H43N3/c1-60(2)51-27-12-14-29-53(51)61(54-30-15-13-28-52(54)60)50-37-36-47(46-25-16-24-45(38-46)41-20-8-4-9-21-41)39-49(50)56-48(26-17-31-55(56)61)59-63-57(43-22-10-5-11-23-43)62-58(64-59)44-34-32-42(33-35-44)40-18-6-3-7-19-40/h3-39H,1-2H3. The van der Waals surface area contributed by atoms with Crippen LogP contribution in [0, 0.1) is 0 Å². The Kier molecular flexibility index (Phi) is 8.74. The Labute approximate surface area is 374 Å². The predicted octanol–water partition coefficient (Wildman–Crippen LogP) is 14.9. The van der Waals surface area contributed by atoms with E-state index in [9.17, 15) is 0 Å². The van der Waals surface area contributed by atoms with Crippen LogP contribution < -0.4 is 0 Å². The van der Waals surface area contributed by atoms with Crippen LogP contribution in [0.5, 0.6) is 0 Å². The quantitative estimate of drug-likeness (QED) is 0.168. The largest absolute Gasteiger partial charge is 0.208 e. The van der Waals surface area contributed by atoms with Gasteiger partial charge in [0.25, 0.3) is 0 Å². The Bertz CT molecular complexity index is 3340. The Morgan fingerprint density at radius 3 is 1.27 bits per heavy atom. The second kappa shape index (κ2) is 14.8. The van der Waals surface area contributed by atoms with Gasteiger partial charge < -0.3 is 0 Å². The molecule has 0 amide bonds. The highest BCUT2D eigenvalue weighted by Crippen LogP contribution is 2.63. The molecule has 0 saturated carbocycles. The molecule has 0 fully saturated rings. The highest BCUT2D eigenvalue weighted by atomic mass is 15.0. The maximum Gasteiger partial charge on any atom is 0.164 e. The van der Waals surface area contributed by atoms with E-state index in [1.165, 1.54) is 61.2 Å². The van der Waals surface area contributed by atoms with Crippen LogP contribution in [0.1, 0.15) is 47.2 Å². The van der Waals surface area contributed by atoms with Crippen LogP contribution in [0.2, 0.25) is 0 Å². The Balaban J connectivity index is 1.13. The van der Waals surface area contributed by atoms with Crippen molar-refractivity contribution in [1.29, 1.82) is 0 Å². The van der Waals surface area contributed by atoms with Gasteiger partial charge in [0, 0.05) is 22.1 Å². The molecule has 0 atom stereocenters. The van der Waals surface area contributed by atoms with Crippen molar-refractivity contribution in [3.63, 3.8) is 0 Å². The van der Waals surface area contributed by atoms with Crippen LogP contribution in [0.15, 0.2) is 224 Å². The fourth-order valence-corrected chi connectivity index (χ4v) is 10.6. The molecule has 3 nitrogen and oxygen atoms in total. The fourth-order valence-electron chi connectivity index (χ4n) is 10.6. The topological polar surface area (TPSA) is 38.7 Å². The van der Waals surface area contributed by atoms with E-state index in [-0.39, 0.29) is 5.41 Å². The molecule has 0 unspecified atom stereocenters. The molecule has 1 heterocycles. The Hall–Kier alpha value is -8.01. The van der Waals surface area contributed by atoms with Gasteiger partial charge in [0.15, 0.2) is 17.5 Å². The fraction of sp³-hybridized carbons (Fsp3) is 0.0656. The minimum atomic E-state index is -0.584. The van der Waals surface area contributed by atoms with Crippen LogP contribution in [0.3, 0.4) is 0 Å². The highest BCUT2D eigenvalue weighted by Gasteiger charge is 2.53. The molecule has 3 heteroatoms. The van der Waals surface area contributed by atoms with Crippen molar-refractivity contribution in [3.05, 3.63) is 258 Å². The van der Waals surface area contributed by atoms with Crippen LogP contribution in [-0.4, -0.2) is 15.0 Å². The molecule has 2 aliphatic rings. The van der Waals surface area contributed by atoms with E-state index < -0.39 is 5.41 Å². The van der Waals surface area contributed by atoms with Crippen molar-refractivity contribution in [1.82, 2.24) is 15.0 Å². The van der Waals surface area contributed by atoms with Crippen LogP contribution in [0.4, 0.5) is 0 Å². The first-order chi connectivity index (χ1) is 31.5. The molecule has 64 heavy (non-hydrogen) atoms. The number of nitrogens with zero attached hydrogens (tertiary/aromatic N) is 3. The highest BCUT2D eigenvalue weighted by molar-refractivity contribution is 5.97. The first-order valence-corrected chi connectivity index (χ1v) is 22.1. The van der Waals surface area contributed by atoms with Gasteiger partial charge in [-0.1, -0.05) is 226 Å². The summed E-state index contributed by atoms with van der Waals surface area (Å²) >= 11 is 0. The van der Waals surface area contributed by atoms with E-state index in [1.807, 2.05) is 24.3 Å². The maximum atomic E-state index is 5.40. The van der Waals surface area contributed by atoms with Crippen LogP contribution in [-0.2, 0) is 10.8 Å². The molecule has 2 aliphatic carbocycles. The molecular weight excluding hydrogens is 775 g/mol. The third-order valence-electron chi connectivity index (χ3n) is 13.6. The zero-order valence-electron chi connectivity index (χ0n) is 35.7. The second-order valence-electron chi connectivity index (χ2n) is 17.5. The summed E-state index contributed by atoms with van der Waals surface area (Å²) in [4.78, 5) is 15.9. The van der Waals surface area contributed by atoms with Gasteiger partial charge in [0.05, 0.1) is 5.41 Å². The summed E-state index contributed by atoms with van der Waals surface area (Å²) in [7, 11) is 0. The number of hydrogen-bond donors (Lipinski definition) is 0. The number of aromatic nitrogens is 3.